The van der Waals surface area contributed by atoms with E-state index < -0.39 is 0 Å². The summed E-state index contributed by atoms with van der Waals surface area (Å²) in [4.78, 5) is 4.68. The van der Waals surface area contributed by atoms with Gasteiger partial charge in [-0.2, -0.15) is 0 Å². The summed E-state index contributed by atoms with van der Waals surface area (Å²) in [5.74, 6) is 2.08. The van der Waals surface area contributed by atoms with Gasteiger partial charge in [0.05, 0.1) is 5.69 Å². The van der Waals surface area contributed by atoms with Crippen molar-refractivity contribution in [3.63, 3.8) is 0 Å². The van der Waals surface area contributed by atoms with Gasteiger partial charge in [0.25, 0.3) is 0 Å². The van der Waals surface area contributed by atoms with Gasteiger partial charge in [0.15, 0.2) is 0 Å². The second-order valence-corrected chi connectivity index (χ2v) is 5.54. The Morgan fingerprint density at radius 1 is 1.35 bits per heavy atom. The lowest BCUT2D eigenvalue weighted by Crippen LogP contribution is -2.17. The average Bonchev–Trinajstić information content (AvgIpc) is 2.71. The fraction of sp³-hybridized carbons (Fsp3) is 0.786. The highest BCUT2D eigenvalue weighted by molar-refractivity contribution is 5.08. The first-order valence-corrected chi connectivity index (χ1v) is 6.84. The molecule has 96 valence electrons. The van der Waals surface area contributed by atoms with Crippen LogP contribution in [-0.4, -0.2) is 16.6 Å². The number of nitrogens with one attached hydrogen (secondary N) is 1. The van der Waals surface area contributed by atoms with E-state index in [1.165, 1.54) is 37.2 Å². The van der Waals surface area contributed by atoms with E-state index in [1.54, 1.807) is 0 Å². The fourth-order valence-electron chi connectivity index (χ4n) is 2.76. The van der Waals surface area contributed by atoms with Crippen molar-refractivity contribution in [3.8, 4) is 0 Å². The van der Waals surface area contributed by atoms with E-state index in [2.05, 4.69) is 41.8 Å². The van der Waals surface area contributed by atoms with Crippen LogP contribution in [0.3, 0.4) is 0 Å². The first-order chi connectivity index (χ1) is 8.11. The molecule has 3 nitrogen and oxygen atoms in total. The van der Waals surface area contributed by atoms with Gasteiger partial charge in [-0.3, -0.25) is 0 Å². The van der Waals surface area contributed by atoms with Crippen molar-refractivity contribution < 1.29 is 0 Å². The minimum atomic E-state index is 0.345. The minimum Gasteiger partial charge on any atom is -0.332 e. The SMILES string of the molecule is CNC(C)c1cn(C2CCC(C)CC2)c(C)n1. The number of hydrogen-bond donors (Lipinski definition) is 1. The minimum absolute atomic E-state index is 0.345. The van der Waals surface area contributed by atoms with Gasteiger partial charge < -0.3 is 9.88 Å². The van der Waals surface area contributed by atoms with Crippen LogP contribution in [-0.2, 0) is 0 Å². The summed E-state index contributed by atoms with van der Waals surface area (Å²) in [5, 5.41) is 3.26. The van der Waals surface area contributed by atoms with Gasteiger partial charge in [0.1, 0.15) is 5.82 Å². The molecule has 1 saturated carbocycles. The quantitative estimate of drug-likeness (QED) is 0.871. The molecule has 2 rings (SSSR count). The molecule has 3 heteroatoms. The summed E-state index contributed by atoms with van der Waals surface area (Å²) in [6, 6.07) is 1.02. The molecule has 0 amide bonds. The van der Waals surface area contributed by atoms with E-state index in [4.69, 9.17) is 0 Å². The van der Waals surface area contributed by atoms with Crippen LogP contribution in [0.25, 0.3) is 0 Å². The number of aryl methyl sites for hydroxylation is 1. The van der Waals surface area contributed by atoms with Crippen molar-refractivity contribution in [2.75, 3.05) is 7.05 Å². The van der Waals surface area contributed by atoms with Crippen LogP contribution in [0.1, 0.15) is 63.1 Å². The first-order valence-electron chi connectivity index (χ1n) is 6.84. The molecule has 0 aliphatic heterocycles. The number of hydrogen-bond acceptors (Lipinski definition) is 2. The van der Waals surface area contributed by atoms with E-state index in [-0.39, 0.29) is 0 Å². The zero-order valence-corrected chi connectivity index (χ0v) is 11.5. The second kappa shape index (κ2) is 5.21. The molecule has 0 saturated heterocycles. The van der Waals surface area contributed by atoms with Crippen LogP contribution in [0.4, 0.5) is 0 Å². The predicted octanol–water partition coefficient (Wildman–Crippen LogP) is 3.22. The third-order valence-electron chi connectivity index (χ3n) is 4.19. The Bertz CT molecular complexity index is 362. The van der Waals surface area contributed by atoms with E-state index in [0.29, 0.717) is 12.1 Å². The van der Waals surface area contributed by atoms with Crippen molar-refractivity contribution in [2.45, 2.75) is 58.5 Å². The van der Waals surface area contributed by atoms with Crippen molar-refractivity contribution in [3.05, 3.63) is 17.7 Å². The predicted molar refractivity (Wildman–Crippen MR) is 71.1 cm³/mol. The Labute approximate surface area is 105 Å². The maximum Gasteiger partial charge on any atom is 0.106 e. The zero-order chi connectivity index (χ0) is 12.4. The maximum atomic E-state index is 4.68. The lowest BCUT2D eigenvalue weighted by Gasteiger charge is -2.27. The molecule has 0 spiro atoms. The van der Waals surface area contributed by atoms with Gasteiger partial charge >= 0.3 is 0 Å². The van der Waals surface area contributed by atoms with Gasteiger partial charge in [0.2, 0.25) is 0 Å². The summed E-state index contributed by atoms with van der Waals surface area (Å²) in [5.41, 5.74) is 1.17. The van der Waals surface area contributed by atoms with Crippen molar-refractivity contribution in [1.82, 2.24) is 14.9 Å². The van der Waals surface area contributed by atoms with Gasteiger partial charge in [-0.05, 0) is 52.5 Å². The third-order valence-corrected chi connectivity index (χ3v) is 4.19. The summed E-state index contributed by atoms with van der Waals surface area (Å²) in [6.07, 6.45) is 7.59. The molecular weight excluding hydrogens is 210 g/mol. The molecule has 1 heterocycles. The molecule has 1 unspecified atom stereocenters. The molecule has 1 atom stereocenters. The molecule has 1 N–H and O–H groups in total. The van der Waals surface area contributed by atoms with Crippen LogP contribution in [0.5, 0.6) is 0 Å². The van der Waals surface area contributed by atoms with Crippen LogP contribution in [0, 0.1) is 12.8 Å². The molecule has 1 fully saturated rings. The number of nitrogens with zero attached hydrogens (tertiary/aromatic N) is 2. The number of imidazole rings is 1. The fourth-order valence-corrected chi connectivity index (χ4v) is 2.76. The number of rotatable bonds is 3. The monoisotopic (exact) mass is 235 g/mol. The lowest BCUT2D eigenvalue weighted by atomic mass is 9.87. The van der Waals surface area contributed by atoms with E-state index >= 15 is 0 Å². The summed E-state index contributed by atoms with van der Waals surface area (Å²) >= 11 is 0. The first kappa shape index (κ1) is 12.6. The van der Waals surface area contributed by atoms with Crippen LogP contribution >= 0.6 is 0 Å². The Morgan fingerprint density at radius 3 is 2.59 bits per heavy atom. The van der Waals surface area contributed by atoms with E-state index in [9.17, 15) is 0 Å². The highest BCUT2D eigenvalue weighted by atomic mass is 15.1. The largest absolute Gasteiger partial charge is 0.332 e. The second-order valence-electron chi connectivity index (χ2n) is 5.54. The van der Waals surface area contributed by atoms with Gasteiger partial charge in [-0.15, -0.1) is 0 Å². The molecule has 0 aromatic carbocycles. The smallest absolute Gasteiger partial charge is 0.106 e. The summed E-state index contributed by atoms with van der Waals surface area (Å²) in [6.45, 7) is 6.66. The summed E-state index contributed by atoms with van der Waals surface area (Å²) in [7, 11) is 1.99. The van der Waals surface area contributed by atoms with Crippen molar-refractivity contribution in [1.29, 1.82) is 0 Å². The molecule has 1 aromatic heterocycles. The summed E-state index contributed by atoms with van der Waals surface area (Å²) < 4.78 is 2.40. The van der Waals surface area contributed by atoms with Crippen molar-refractivity contribution in [2.24, 2.45) is 5.92 Å². The molecule has 1 aromatic rings. The molecular formula is C14H25N3. The Kier molecular flexibility index (Phi) is 3.87. The molecule has 1 aliphatic rings. The topological polar surface area (TPSA) is 29.9 Å². The van der Waals surface area contributed by atoms with E-state index in [0.717, 1.165) is 5.92 Å². The third kappa shape index (κ3) is 2.71. The molecule has 17 heavy (non-hydrogen) atoms. The molecule has 0 bridgehead atoms. The molecule has 0 radical (unpaired) electrons. The van der Waals surface area contributed by atoms with Crippen LogP contribution in [0.2, 0.25) is 0 Å². The zero-order valence-electron chi connectivity index (χ0n) is 11.5. The average molecular weight is 235 g/mol. The van der Waals surface area contributed by atoms with Gasteiger partial charge in [0, 0.05) is 18.3 Å². The Morgan fingerprint density at radius 2 is 2.00 bits per heavy atom. The standard InChI is InChI=1S/C14H25N3/c1-10-5-7-13(8-6-10)17-9-14(11(2)15-4)16-12(17)3/h9-11,13,15H,5-8H2,1-4H3. The van der Waals surface area contributed by atoms with Gasteiger partial charge in [-0.25, -0.2) is 4.98 Å². The highest BCUT2D eigenvalue weighted by Gasteiger charge is 2.21. The van der Waals surface area contributed by atoms with Gasteiger partial charge in [-0.1, -0.05) is 6.92 Å². The Hall–Kier alpha value is -0.830. The van der Waals surface area contributed by atoms with Crippen LogP contribution in [0.15, 0.2) is 6.20 Å². The number of aromatic nitrogens is 2. The Balaban J connectivity index is 2.13. The molecule has 1 aliphatic carbocycles. The normalized spacial score (nSPS) is 27.1. The lowest BCUT2D eigenvalue weighted by molar-refractivity contribution is 0.286. The van der Waals surface area contributed by atoms with Crippen molar-refractivity contribution >= 4 is 0 Å². The van der Waals surface area contributed by atoms with Crippen LogP contribution < -0.4 is 5.32 Å². The van der Waals surface area contributed by atoms with E-state index in [1.807, 2.05) is 7.05 Å². The highest BCUT2D eigenvalue weighted by Crippen LogP contribution is 2.33. The maximum absolute atomic E-state index is 4.68.